The highest BCUT2D eigenvalue weighted by atomic mass is 79.9. The summed E-state index contributed by atoms with van der Waals surface area (Å²) in [5, 5.41) is 21.9. The van der Waals surface area contributed by atoms with Crippen LogP contribution in [0.3, 0.4) is 0 Å². The van der Waals surface area contributed by atoms with Crippen LogP contribution in [0.25, 0.3) is 0 Å². The van der Waals surface area contributed by atoms with Crippen molar-refractivity contribution < 1.29 is 24.5 Å². The van der Waals surface area contributed by atoms with Crippen molar-refractivity contribution in [2.24, 2.45) is 5.92 Å². The summed E-state index contributed by atoms with van der Waals surface area (Å²) < 4.78 is 6.86. The number of halogens is 2. The van der Waals surface area contributed by atoms with Gasteiger partial charge >= 0.3 is 12.1 Å². The number of allylic oxidation sites excluding steroid dienone is 1. The van der Waals surface area contributed by atoms with Gasteiger partial charge in [0, 0.05) is 21.8 Å². The minimum atomic E-state index is -1.01. The van der Waals surface area contributed by atoms with Crippen LogP contribution < -0.4 is 5.32 Å². The SMILES string of the molecule is C[C@@H](CC/C=C/C(=O)O)[C@H](OC(=O)Nc1ccccc1)c1cc(Br)cc(Br)c1O. The Balaban J connectivity index is 2.23. The first-order valence-electron chi connectivity index (χ1n) is 8.88. The number of benzene rings is 2. The number of aromatic hydroxyl groups is 1. The normalized spacial score (nSPS) is 13.1. The molecular weight excluding hydrogens is 506 g/mol. The molecule has 2 rings (SSSR count). The standard InChI is InChI=1S/C21H21Br2NO5/c1-13(7-5-6-10-18(25)26)20(16-11-14(22)12-17(23)19(16)27)29-21(28)24-15-8-3-2-4-9-15/h2-4,6,8-13,20,27H,5,7H2,1H3,(H,24,28)(H,25,26)/b10-6+/t13-,20-/m0/s1. The van der Waals surface area contributed by atoms with Crippen molar-refractivity contribution in [3.8, 4) is 5.75 Å². The number of aliphatic carboxylic acids is 1. The number of nitrogens with one attached hydrogen (secondary N) is 1. The molecule has 0 spiro atoms. The largest absolute Gasteiger partial charge is 0.506 e. The van der Waals surface area contributed by atoms with Gasteiger partial charge in [-0.2, -0.15) is 0 Å². The maximum Gasteiger partial charge on any atom is 0.412 e. The summed E-state index contributed by atoms with van der Waals surface area (Å²) in [5.41, 5.74) is 1.04. The number of phenols is 1. The summed E-state index contributed by atoms with van der Waals surface area (Å²) in [7, 11) is 0. The molecule has 2 atom stereocenters. The fraction of sp³-hybridized carbons (Fsp3) is 0.238. The molecule has 154 valence electrons. The second-order valence-corrected chi connectivity index (χ2v) is 8.21. The van der Waals surface area contributed by atoms with Gasteiger partial charge in [0.15, 0.2) is 0 Å². The summed E-state index contributed by atoms with van der Waals surface area (Å²) in [6.07, 6.45) is 2.28. The van der Waals surface area contributed by atoms with E-state index in [2.05, 4.69) is 37.2 Å². The van der Waals surface area contributed by atoms with E-state index in [1.807, 2.05) is 13.0 Å². The van der Waals surface area contributed by atoms with E-state index < -0.39 is 18.2 Å². The van der Waals surface area contributed by atoms with Crippen molar-refractivity contribution in [2.45, 2.75) is 25.9 Å². The average molecular weight is 527 g/mol. The number of carbonyl (C=O) groups is 2. The van der Waals surface area contributed by atoms with E-state index >= 15 is 0 Å². The Morgan fingerprint density at radius 1 is 1.21 bits per heavy atom. The Bertz CT molecular complexity index is 886. The number of hydrogen-bond acceptors (Lipinski definition) is 4. The lowest BCUT2D eigenvalue weighted by Gasteiger charge is -2.26. The fourth-order valence-electron chi connectivity index (χ4n) is 2.77. The highest BCUT2D eigenvalue weighted by molar-refractivity contribution is 9.11. The van der Waals surface area contributed by atoms with Gasteiger partial charge in [0.2, 0.25) is 0 Å². The van der Waals surface area contributed by atoms with Gasteiger partial charge in [0.05, 0.1) is 4.47 Å². The van der Waals surface area contributed by atoms with Gasteiger partial charge in [-0.25, -0.2) is 9.59 Å². The third kappa shape index (κ3) is 7.21. The second kappa shape index (κ2) is 11.0. The maximum atomic E-state index is 12.5. The van der Waals surface area contributed by atoms with E-state index in [0.29, 0.717) is 33.0 Å². The summed E-state index contributed by atoms with van der Waals surface area (Å²) in [5.74, 6) is -1.22. The number of phenolic OH excluding ortho intramolecular Hbond substituents is 1. The van der Waals surface area contributed by atoms with Crippen LogP contribution in [-0.4, -0.2) is 22.3 Å². The van der Waals surface area contributed by atoms with E-state index in [1.165, 1.54) is 0 Å². The molecule has 0 saturated carbocycles. The third-order valence-corrected chi connectivity index (χ3v) is 5.25. The van der Waals surface area contributed by atoms with Gasteiger partial charge in [-0.3, -0.25) is 5.32 Å². The van der Waals surface area contributed by atoms with Gasteiger partial charge in [-0.1, -0.05) is 47.1 Å². The fourth-order valence-corrected chi connectivity index (χ4v) is 4.03. The minimum Gasteiger partial charge on any atom is -0.506 e. The number of carboxylic acids is 1. The molecule has 3 N–H and O–H groups in total. The predicted molar refractivity (Wildman–Crippen MR) is 118 cm³/mol. The van der Waals surface area contributed by atoms with Crippen molar-refractivity contribution in [3.05, 3.63) is 69.1 Å². The molecule has 8 heteroatoms. The number of anilines is 1. The Morgan fingerprint density at radius 3 is 2.55 bits per heavy atom. The monoisotopic (exact) mass is 525 g/mol. The lowest BCUT2D eigenvalue weighted by atomic mass is 9.92. The van der Waals surface area contributed by atoms with Crippen LogP contribution >= 0.6 is 31.9 Å². The first-order valence-corrected chi connectivity index (χ1v) is 10.5. The molecule has 0 aliphatic rings. The molecule has 0 aliphatic heterocycles. The van der Waals surface area contributed by atoms with Crippen molar-refractivity contribution >= 4 is 49.6 Å². The molecule has 29 heavy (non-hydrogen) atoms. The summed E-state index contributed by atoms with van der Waals surface area (Å²) in [6, 6.07) is 12.3. The van der Waals surface area contributed by atoms with E-state index in [0.717, 1.165) is 6.08 Å². The van der Waals surface area contributed by atoms with Gasteiger partial charge in [0.25, 0.3) is 0 Å². The van der Waals surface area contributed by atoms with Crippen LogP contribution in [0, 0.1) is 5.92 Å². The van der Waals surface area contributed by atoms with E-state index in [4.69, 9.17) is 9.84 Å². The van der Waals surface area contributed by atoms with Crippen LogP contribution in [0.15, 0.2) is 63.6 Å². The van der Waals surface area contributed by atoms with Crippen molar-refractivity contribution in [1.82, 2.24) is 0 Å². The Hall–Kier alpha value is -2.32. The highest BCUT2D eigenvalue weighted by Crippen LogP contribution is 2.40. The quantitative estimate of drug-likeness (QED) is 0.352. The number of carboxylic acid groups (broad SMARTS) is 1. The molecule has 0 radical (unpaired) electrons. The van der Waals surface area contributed by atoms with Crippen LogP contribution in [0.5, 0.6) is 5.75 Å². The van der Waals surface area contributed by atoms with Gasteiger partial charge < -0.3 is 14.9 Å². The summed E-state index contributed by atoms with van der Waals surface area (Å²) in [4.78, 5) is 23.1. The predicted octanol–water partition coefficient (Wildman–Crippen LogP) is 6.26. The molecule has 0 aromatic heterocycles. The molecule has 0 aliphatic carbocycles. The first kappa shape index (κ1) is 23.0. The van der Waals surface area contributed by atoms with Crippen LogP contribution in [0.1, 0.15) is 31.4 Å². The van der Waals surface area contributed by atoms with Crippen LogP contribution in [-0.2, 0) is 9.53 Å². The number of carbonyl (C=O) groups excluding carboxylic acids is 1. The van der Waals surface area contributed by atoms with E-state index in [9.17, 15) is 14.7 Å². The van der Waals surface area contributed by atoms with Crippen LogP contribution in [0.2, 0.25) is 0 Å². The highest BCUT2D eigenvalue weighted by Gasteiger charge is 2.27. The zero-order valence-corrected chi connectivity index (χ0v) is 18.8. The van der Waals surface area contributed by atoms with Gasteiger partial charge in [-0.15, -0.1) is 0 Å². The van der Waals surface area contributed by atoms with Crippen molar-refractivity contribution in [2.75, 3.05) is 5.32 Å². The molecule has 2 aromatic rings. The Kier molecular flexibility index (Phi) is 8.72. The molecule has 6 nitrogen and oxygen atoms in total. The molecule has 1 amide bonds. The number of ether oxygens (including phenoxy) is 1. The van der Waals surface area contributed by atoms with Gasteiger partial charge in [-0.05, 0) is 59.0 Å². The number of hydrogen-bond donors (Lipinski definition) is 3. The topological polar surface area (TPSA) is 95.9 Å². The first-order chi connectivity index (χ1) is 13.8. The second-order valence-electron chi connectivity index (χ2n) is 6.44. The Morgan fingerprint density at radius 2 is 1.90 bits per heavy atom. The summed E-state index contributed by atoms with van der Waals surface area (Å²) in [6.45, 7) is 1.88. The third-order valence-electron chi connectivity index (χ3n) is 4.18. The molecule has 0 unspecified atom stereocenters. The minimum absolute atomic E-state index is 0.0151. The van der Waals surface area contributed by atoms with Gasteiger partial charge in [0.1, 0.15) is 11.9 Å². The molecule has 0 heterocycles. The van der Waals surface area contributed by atoms with E-state index in [-0.39, 0.29) is 11.7 Å². The smallest absolute Gasteiger partial charge is 0.412 e. The zero-order chi connectivity index (χ0) is 21.4. The van der Waals surface area contributed by atoms with Crippen LogP contribution in [0.4, 0.5) is 10.5 Å². The molecule has 2 aromatic carbocycles. The van der Waals surface area contributed by atoms with Crippen molar-refractivity contribution in [1.29, 1.82) is 0 Å². The Labute approximate surface area is 185 Å². The lowest BCUT2D eigenvalue weighted by molar-refractivity contribution is -0.131. The van der Waals surface area contributed by atoms with Crippen molar-refractivity contribution in [3.63, 3.8) is 0 Å². The lowest BCUT2D eigenvalue weighted by Crippen LogP contribution is -2.22. The molecule has 0 saturated heterocycles. The maximum absolute atomic E-state index is 12.5. The number of rotatable bonds is 8. The van der Waals surface area contributed by atoms with E-state index in [1.54, 1.807) is 42.5 Å². The number of para-hydroxylation sites is 1. The molecule has 0 fully saturated rings. The summed E-state index contributed by atoms with van der Waals surface area (Å²) >= 11 is 6.69. The zero-order valence-electron chi connectivity index (χ0n) is 15.6. The molecular formula is C21H21Br2NO5. The molecule has 0 bridgehead atoms. The number of amides is 1. The average Bonchev–Trinajstić information content (AvgIpc) is 2.67.